The lowest BCUT2D eigenvalue weighted by atomic mass is 10.0. The van der Waals surface area contributed by atoms with Crippen molar-refractivity contribution in [3.63, 3.8) is 0 Å². The van der Waals surface area contributed by atoms with Gasteiger partial charge in [0, 0.05) is 35.4 Å². The lowest BCUT2D eigenvalue weighted by Crippen LogP contribution is -2.40. The molecule has 5 N–H and O–H groups in total. The number of anilines is 3. The van der Waals surface area contributed by atoms with Gasteiger partial charge in [0.1, 0.15) is 0 Å². The van der Waals surface area contributed by atoms with Crippen LogP contribution in [0.5, 0.6) is 0 Å². The summed E-state index contributed by atoms with van der Waals surface area (Å²) < 4.78 is 0. The molecule has 0 aliphatic rings. The Morgan fingerprint density at radius 3 is 2.15 bits per heavy atom. The van der Waals surface area contributed by atoms with E-state index < -0.39 is 23.8 Å². The fraction of sp³-hybridized carbons (Fsp3) is 0.280. The molecule has 0 saturated heterocycles. The van der Waals surface area contributed by atoms with Crippen molar-refractivity contribution in [2.24, 2.45) is 5.92 Å². The van der Waals surface area contributed by atoms with E-state index in [0.29, 0.717) is 23.5 Å². The minimum atomic E-state index is -1.02. The predicted octanol–water partition coefficient (Wildman–Crippen LogP) is 4.14. The number of para-hydroxylation sites is 1. The van der Waals surface area contributed by atoms with E-state index in [9.17, 15) is 19.2 Å². The maximum absolute atomic E-state index is 12.3. The van der Waals surface area contributed by atoms with Gasteiger partial charge in [-0.05, 0) is 49.2 Å². The van der Waals surface area contributed by atoms with Crippen LogP contribution in [0.25, 0.3) is 0 Å². The van der Waals surface area contributed by atoms with Gasteiger partial charge in [-0.15, -0.1) is 6.58 Å². The van der Waals surface area contributed by atoms with Crippen molar-refractivity contribution in [1.29, 1.82) is 0 Å². The first-order chi connectivity index (χ1) is 16.2. The number of carbonyl (C=O) groups is 4. The molecule has 2 rings (SSSR count). The van der Waals surface area contributed by atoms with Crippen LogP contribution in [-0.4, -0.2) is 35.0 Å². The largest absolute Gasteiger partial charge is 0.481 e. The third-order valence-electron chi connectivity index (χ3n) is 4.98. The molecule has 9 heteroatoms. The normalized spacial score (nSPS) is 12.1. The number of benzene rings is 2. The number of aryl methyl sites for hydroxylation is 1. The van der Waals surface area contributed by atoms with Crippen molar-refractivity contribution in [2.75, 3.05) is 16.0 Å². The highest BCUT2D eigenvalue weighted by Crippen LogP contribution is 2.17. The Balaban J connectivity index is 1.84. The SMILES string of the molecule is C=CC[C@H](CC(=O)O)NC(=O)C(C)CC(=O)Nc1ccc(NC(=O)Nc2ccccc2C)cc1. The molecule has 0 spiro atoms. The standard InChI is InChI=1S/C25H30N4O5/c1-4-7-20(15-23(31)32)27-24(33)17(3)14-22(30)26-18-10-12-19(13-11-18)28-25(34)29-21-9-6-5-8-16(21)2/h4-6,8-13,17,20H,1,7,14-15H2,2-3H3,(H,26,30)(H,27,33)(H,31,32)(H2,28,29,34)/t17?,20-/m1/s1. The molecular formula is C25H30N4O5. The number of aliphatic carboxylic acids is 1. The highest BCUT2D eigenvalue weighted by Gasteiger charge is 2.21. The maximum atomic E-state index is 12.3. The number of carbonyl (C=O) groups excluding carboxylic acids is 3. The van der Waals surface area contributed by atoms with Gasteiger partial charge in [0.2, 0.25) is 11.8 Å². The van der Waals surface area contributed by atoms with E-state index >= 15 is 0 Å². The van der Waals surface area contributed by atoms with E-state index in [1.54, 1.807) is 37.3 Å². The van der Waals surface area contributed by atoms with Crippen LogP contribution in [0.3, 0.4) is 0 Å². The zero-order chi connectivity index (χ0) is 25.1. The van der Waals surface area contributed by atoms with Gasteiger partial charge < -0.3 is 26.4 Å². The van der Waals surface area contributed by atoms with Crippen LogP contribution >= 0.6 is 0 Å². The molecule has 180 valence electrons. The van der Waals surface area contributed by atoms with Crippen molar-refractivity contribution in [3.8, 4) is 0 Å². The molecule has 0 aromatic heterocycles. The number of carboxylic acids is 1. The quantitative estimate of drug-likeness (QED) is 0.317. The average Bonchev–Trinajstić information content (AvgIpc) is 2.76. The van der Waals surface area contributed by atoms with Gasteiger partial charge in [0.25, 0.3) is 0 Å². The van der Waals surface area contributed by atoms with E-state index in [4.69, 9.17) is 5.11 Å². The molecule has 0 fully saturated rings. The number of carboxylic acid groups (broad SMARTS) is 1. The number of urea groups is 1. The summed E-state index contributed by atoms with van der Waals surface area (Å²) in [5.41, 5.74) is 2.71. The van der Waals surface area contributed by atoms with Crippen molar-refractivity contribution in [1.82, 2.24) is 5.32 Å². The summed E-state index contributed by atoms with van der Waals surface area (Å²) in [6, 6.07) is 13.0. The van der Waals surface area contributed by atoms with E-state index in [2.05, 4.69) is 27.8 Å². The number of hydrogen-bond donors (Lipinski definition) is 5. The zero-order valence-electron chi connectivity index (χ0n) is 19.3. The Hall–Kier alpha value is -4.14. The molecule has 34 heavy (non-hydrogen) atoms. The van der Waals surface area contributed by atoms with Gasteiger partial charge in [-0.2, -0.15) is 0 Å². The van der Waals surface area contributed by atoms with Gasteiger partial charge in [-0.3, -0.25) is 14.4 Å². The first kappa shape index (κ1) is 26.1. The first-order valence-corrected chi connectivity index (χ1v) is 10.8. The van der Waals surface area contributed by atoms with Crippen LogP contribution in [-0.2, 0) is 14.4 Å². The third-order valence-corrected chi connectivity index (χ3v) is 4.98. The van der Waals surface area contributed by atoms with Gasteiger partial charge in [-0.1, -0.05) is 31.2 Å². The second-order valence-corrected chi connectivity index (χ2v) is 7.95. The van der Waals surface area contributed by atoms with Crippen LogP contribution in [0.2, 0.25) is 0 Å². The fourth-order valence-electron chi connectivity index (χ4n) is 3.17. The Morgan fingerprint density at radius 1 is 0.941 bits per heavy atom. The molecule has 4 amide bonds. The summed E-state index contributed by atoms with van der Waals surface area (Å²) >= 11 is 0. The summed E-state index contributed by atoms with van der Waals surface area (Å²) in [7, 11) is 0. The predicted molar refractivity (Wildman–Crippen MR) is 132 cm³/mol. The lowest BCUT2D eigenvalue weighted by molar-refractivity contribution is -0.138. The lowest BCUT2D eigenvalue weighted by Gasteiger charge is -2.18. The molecule has 0 radical (unpaired) electrons. The molecular weight excluding hydrogens is 436 g/mol. The molecule has 2 atom stereocenters. The van der Waals surface area contributed by atoms with Crippen molar-refractivity contribution in [3.05, 3.63) is 66.7 Å². The van der Waals surface area contributed by atoms with E-state index in [1.807, 2.05) is 25.1 Å². The molecule has 2 aromatic rings. The molecule has 1 unspecified atom stereocenters. The number of nitrogens with one attached hydrogen (secondary N) is 4. The molecule has 0 aliphatic carbocycles. The van der Waals surface area contributed by atoms with Crippen LogP contribution in [0.1, 0.15) is 31.7 Å². The number of hydrogen-bond acceptors (Lipinski definition) is 4. The van der Waals surface area contributed by atoms with Crippen molar-refractivity contribution < 1.29 is 24.3 Å². The fourth-order valence-corrected chi connectivity index (χ4v) is 3.17. The Labute approximate surface area is 198 Å². The number of amides is 4. The van der Waals surface area contributed by atoms with E-state index in [1.165, 1.54) is 6.08 Å². The van der Waals surface area contributed by atoms with Crippen LogP contribution in [0, 0.1) is 12.8 Å². The molecule has 9 nitrogen and oxygen atoms in total. The molecule has 2 aromatic carbocycles. The first-order valence-electron chi connectivity index (χ1n) is 10.8. The summed E-state index contributed by atoms with van der Waals surface area (Å²) in [5, 5.41) is 19.8. The average molecular weight is 467 g/mol. The van der Waals surface area contributed by atoms with Gasteiger partial charge in [0.15, 0.2) is 0 Å². The highest BCUT2D eigenvalue weighted by molar-refractivity contribution is 6.00. The Morgan fingerprint density at radius 2 is 1.56 bits per heavy atom. The highest BCUT2D eigenvalue weighted by atomic mass is 16.4. The van der Waals surface area contributed by atoms with Gasteiger partial charge in [-0.25, -0.2) is 4.79 Å². The topological polar surface area (TPSA) is 137 Å². The zero-order valence-corrected chi connectivity index (χ0v) is 19.3. The van der Waals surface area contributed by atoms with Crippen LogP contribution < -0.4 is 21.3 Å². The Kier molecular flexibility index (Phi) is 9.82. The summed E-state index contributed by atoms with van der Waals surface area (Å²) in [6.07, 6.45) is 1.56. The van der Waals surface area contributed by atoms with Gasteiger partial charge in [0.05, 0.1) is 6.42 Å². The van der Waals surface area contributed by atoms with Crippen molar-refractivity contribution in [2.45, 2.75) is 39.2 Å². The molecule has 0 bridgehead atoms. The second-order valence-electron chi connectivity index (χ2n) is 7.95. The van der Waals surface area contributed by atoms with E-state index in [0.717, 1.165) is 5.56 Å². The summed E-state index contributed by atoms with van der Waals surface area (Å²) in [4.78, 5) is 47.8. The second kappa shape index (κ2) is 12.8. The van der Waals surface area contributed by atoms with Crippen molar-refractivity contribution >= 4 is 40.9 Å². The van der Waals surface area contributed by atoms with E-state index in [-0.39, 0.29) is 24.8 Å². The maximum Gasteiger partial charge on any atom is 0.323 e. The number of rotatable bonds is 11. The minimum absolute atomic E-state index is 0.0709. The minimum Gasteiger partial charge on any atom is -0.481 e. The Bertz CT molecular complexity index is 1040. The van der Waals surface area contributed by atoms with Crippen LogP contribution in [0.4, 0.5) is 21.9 Å². The van der Waals surface area contributed by atoms with Gasteiger partial charge >= 0.3 is 12.0 Å². The third kappa shape index (κ3) is 8.78. The molecule has 0 aliphatic heterocycles. The summed E-state index contributed by atoms with van der Waals surface area (Å²) in [6.45, 7) is 7.06. The van der Waals surface area contributed by atoms with Crippen LogP contribution in [0.15, 0.2) is 61.2 Å². The summed E-state index contributed by atoms with van der Waals surface area (Å²) in [5.74, 6) is -2.43. The smallest absolute Gasteiger partial charge is 0.323 e. The molecule has 0 heterocycles. The molecule has 0 saturated carbocycles. The monoisotopic (exact) mass is 466 g/mol.